The molecular weight excluding hydrogens is 238 g/mol. The van der Waals surface area contributed by atoms with Crippen molar-refractivity contribution in [2.24, 2.45) is 5.92 Å². The first-order valence-electron chi connectivity index (χ1n) is 6.41. The minimum atomic E-state index is -0.153. The van der Waals surface area contributed by atoms with Gasteiger partial charge in [0.25, 0.3) is 5.91 Å². The Labute approximate surface area is 112 Å². The molecule has 1 amide bonds. The Bertz CT molecular complexity index is 624. The summed E-state index contributed by atoms with van der Waals surface area (Å²) in [6.45, 7) is 4.83. The molecule has 4 heteroatoms. The molecule has 1 unspecified atom stereocenters. The van der Waals surface area contributed by atoms with E-state index in [9.17, 15) is 4.79 Å². The van der Waals surface area contributed by atoms with Gasteiger partial charge >= 0.3 is 0 Å². The van der Waals surface area contributed by atoms with Crippen molar-refractivity contribution >= 4 is 16.8 Å². The number of aromatic amines is 1. The van der Waals surface area contributed by atoms with E-state index in [1.165, 1.54) is 0 Å². The van der Waals surface area contributed by atoms with Crippen LogP contribution in [0, 0.1) is 17.2 Å². The standard InChI is InChI=1S/C15H17N3O/c1-3-18(10-11(2)9-16)15(19)13-4-5-14-12(8-13)6-7-17-14/h4-8,11,17H,3,10H2,1-2H3. The molecule has 0 aliphatic carbocycles. The molecule has 0 aliphatic heterocycles. The summed E-state index contributed by atoms with van der Waals surface area (Å²) in [5.74, 6) is -0.174. The van der Waals surface area contributed by atoms with E-state index in [0.29, 0.717) is 18.7 Å². The maximum absolute atomic E-state index is 12.4. The first-order valence-corrected chi connectivity index (χ1v) is 6.41. The Morgan fingerprint density at radius 3 is 2.95 bits per heavy atom. The number of fused-ring (bicyclic) bond motifs is 1. The third-order valence-corrected chi connectivity index (χ3v) is 3.18. The average Bonchev–Trinajstić information content (AvgIpc) is 2.90. The Morgan fingerprint density at radius 1 is 1.47 bits per heavy atom. The highest BCUT2D eigenvalue weighted by Gasteiger charge is 2.16. The molecule has 0 aliphatic rings. The number of nitrogens with zero attached hydrogens (tertiary/aromatic N) is 2. The molecule has 0 radical (unpaired) electrons. The lowest BCUT2D eigenvalue weighted by Crippen LogP contribution is -2.34. The van der Waals surface area contributed by atoms with Crippen molar-refractivity contribution in [3.8, 4) is 6.07 Å². The summed E-state index contributed by atoms with van der Waals surface area (Å²) < 4.78 is 0. The minimum Gasteiger partial charge on any atom is -0.361 e. The normalized spacial score (nSPS) is 12.1. The second kappa shape index (κ2) is 5.57. The van der Waals surface area contributed by atoms with Crippen LogP contribution in [0.5, 0.6) is 0 Å². The number of rotatable bonds is 4. The van der Waals surface area contributed by atoms with Gasteiger partial charge in [-0.1, -0.05) is 0 Å². The van der Waals surface area contributed by atoms with Crippen molar-refractivity contribution in [3.05, 3.63) is 36.0 Å². The number of benzene rings is 1. The van der Waals surface area contributed by atoms with Gasteiger partial charge < -0.3 is 9.88 Å². The van der Waals surface area contributed by atoms with Crippen LogP contribution in [0.2, 0.25) is 0 Å². The minimum absolute atomic E-state index is 0.0206. The molecule has 0 fully saturated rings. The first kappa shape index (κ1) is 13.2. The van der Waals surface area contributed by atoms with Crippen LogP contribution in [-0.4, -0.2) is 28.9 Å². The van der Waals surface area contributed by atoms with Gasteiger partial charge in [0.15, 0.2) is 0 Å². The zero-order valence-electron chi connectivity index (χ0n) is 11.2. The van der Waals surface area contributed by atoms with E-state index in [4.69, 9.17) is 5.26 Å². The molecular formula is C15H17N3O. The van der Waals surface area contributed by atoms with Crippen molar-refractivity contribution < 1.29 is 4.79 Å². The van der Waals surface area contributed by atoms with E-state index in [0.717, 1.165) is 10.9 Å². The van der Waals surface area contributed by atoms with E-state index in [-0.39, 0.29) is 11.8 Å². The number of H-pyrrole nitrogens is 1. The van der Waals surface area contributed by atoms with Gasteiger partial charge in [0.2, 0.25) is 0 Å². The molecule has 1 N–H and O–H groups in total. The molecule has 1 aromatic carbocycles. The summed E-state index contributed by atoms with van der Waals surface area (Å²) in [7, 11) is 0. The second-order valence-corrected chi connectivity index (χ2v) is 4.65. The fourth-order valence-corrected chi connectivity index (χ4v) is 2.10. The van der Waals surface area contributed by atoms with Crippen molar-refractivity contribution in [2.75, 3.05) is 13.1 Å². The third-order valence-electron chi connectivity index (χ3n) is 3.18. The van der Waals surface area contributed by atoms with Crippen molar-refractivity contribution in [1.29, 1.82) is 5.26 Å². The van der Waals surface area contributed by atoms with E-state index >= 15 is 0 Å². The lowest BCUT2D eigenvalue weighted by Gasteiger charge is -2.22. The summed E-state index contributed by atoms with van der Waals surface area (Å²) in [4.78, 5) is 17.2. The molecule has 1 heterocycles. The third kappa shape index (κ3) is 2.76. The van der Waals surface area contributed by atoms with Crippen molar-refractivity contribution in [1.82, 2.24) is 9.88 Å². The monoisotopic (exact) mass is 255 g/mol. The number of nitriles is 1. The number of aromatic nitrogens is 1. The fraction of sp³-hybridized carbons (Fsp3) is 0.333. The summed E-state index contributed by atoms with van der Waals surface area (Å²) in [6.07, 6.45) is 1.86. The van der Waals surface area contributed by atoms with Gasteiger partial charge in [0, 0.05) is 35.8 Å². The van der Waals surface area contributed by atoms with Crippen LogP contribution < -0.4 is 0 Å². The maximum Gasteiger partial charge on any atom is 0.253 e. The Kier molecular flexibility index (Phi) is 3.86. The van der Waals surface area contributed by atoms with Gasteiger partial charge in [-0.3, -0.25) is 4.79 Å². The molecule has 0 saturated heterocycles. The Balaban J connectivity index is 2.23. The molecule has 4 nitrogen and oxygen atoms in total. The molecule has 0 spiro atoms. The van der Waals surface area contributed by atoms with Gasteiger partial charge in [-0.15, -0.1) is 0 Å². The zero-order chi connectivity index (χ0) is 13.8. The molecule has 0 saturated carbocycles. The molecule has 2 aromatic rings. The highest BCUT2D eigenvalue weighted by atomic mass is 16.2. The lowest BCUT2D eigenvalue weighted by atomic mass is 10.1. The predicted octanol–water partition coefficient (Wildman–Crippen LogP) is 2.79. The topological polar surface area (TPSA) is 59.9 Å². The first-order chi connectivity index (χ1) is 9.15. The van der Waals surface area contributed by atoms with E-state index in [2.05, 4.69) is 11.1 Å². The molecule has 19 heavy (non-hydrogen) atoms. The van der Waals surface area contributed by atoms with Crippen LogP contribution in [0.25, 0.3) is 10.9 Å². The highest BCUT2D eigenvalue weighted by Crippen LogP contribution is 2.16. The van der Waals surface area contributed by atoms with Gasteiger partial charge in [-0.25, -0.2) is 0 Å². The van der Waals surface area contributed by atoms with E-state index in [1.807, 2.05) is 44.3 Å². The smallest absolute Gasteiger partial charge is 0.253 e. The Morgan fingerprint density at radius 2 is 2.26 bits per heavy atom. The summed E-state index contributed by atoms with van der Waals surface area (Å²) >= 11 is 0. The van der Waals surface area contributed by atoms with E-state index in [1.54, 1.807) is 4.90 Å². The number of hydrogen-bond acceptors (Lipinski definition) is 2. The Hall–Kier alpha value is -2.28. The number of hydrogen-bond donors (Lipinski definition) is 1. The van der Waals surface area contributed by atoms with Gasteiger partial charge in [0.1, 0.15) is 0 Å². The van der Waals surface area contributed by atoms with Crippen LogP contribution in [0.4, 0.5) is 0 Å². The fourth-order valence-electron chi connectivity index (χ4n) is 2.10. The molecule has 1 atom stereocenters. The molecule has 2 rings (SSSR count). The van der Waals surface area contributed by atoms with Crippen LogP contribution in [-0.2, 0) is 0 Å². The molecule has 0 bridgehead atoms. The number of amides is 1. The largest absolute Gasteiger partial charge is 0.361 e. The van der Waals surface area contributed by atoms with Crippen LogP contribution in [0.15, 0.2) is 30.5 Å². The van der Waals surface area contributed by atoms with Crippen molar-refractivity contribution in [3.63, 3.8) is 0 Å². The molecule has 1 aromatic heterocycles. The van der Waals surface area contributed by atoms with Gasteiger partial charge in [0.05, 0.1) is 12.0 Å². The number of nitrogens with one attached hydrogen (secondary N) is 1. The second-order valence-electron chi connectivity index (χ2n) is 4.65. The summed E-state index contributed by atoms with van der Waals surface area (Å²) in [5.41, 5.74) is 1.68. The highest BCUT2D eigenvalue weighted by molar-refractivity contribution is 5.98. The quantitative estimate of drug-likeness (QED) is 0.913. The van der Waals surface area contributed by atoms with Crippen LogP contribution >= 0.6 is 0 Å². The van der Waals surface area contributed by atoms with Gasteiger partial charge in [-0.05, 0) is 38.1 Å². The summed E-state index contributed by atoms with van der Waals surface area (Å²) in [5, 5.41) is 9.88. The average molecular weight is 255 g/mol. The zero-order valence-corrected chi connectivity index (χ0v) is 11.2. The van der Waals surface area contributed by atoms with Gasteiger partial charge in [-0.2, -0.15) is 5.26 Å². The SMILES string of the molecule is CCN(CC(C)C#N)C(=O)c1ccc2[nH]ccc2c1. The lowest BCUT2D eigenvalue weighted by molar-refractivity contribution is 0.0753. The molecule has 98 valence electrons. The maximum atomic E-state index is 12.4. The van der Waals surface area contributed by atoms with Crippen molar-refractivity contribution in [2.45, 2.75) is 13.8 Å². The number of carbonyl (C=O) groups is 1. The summed E-state index contributed by atoms with van der Waals surface area (Å²) in [6, 6.07) is 9.72. The number of carbonyl (C=O) groups excluding carboxylic acids is 1. The van der Waals surface area contributed by atoms with Crippen LogP contribution in [0.1, 0.15) is 24.2 Å². The predicted molar refractivity (Wildman–Crippen MR) is 74.7 cm³/mol. The van der Waals surface area contributed by atoms with E-state index < -0.39 is 0 Å². The van der Waals surface area contributed by atoms with Crippen LogP contribution in [0.3, 0.4) is 0 Å².